The third-order valence-corrected chi connectivity index (χ3v) is 1.36. The lowest BCUT2D eigenvalue weighted by molar-refractivity contribution is 0.828. The molecule has 0 aliphatic carbocycles. The standard InChI is InChI=1S/C10H17N/c1-3-4-5-6-7-10(2)8-9-11/h8H,3-5,9,11H2,1-2H3/b10-8-. The summed E-state index contributed by atoms with van der Waals surface area (Å²) in [6, 6.07) is 0. The summed E-state index contributed by atoms with van der Waals surface area (Å²) in [6.07, 6.45) is 5.36. The molecule has 0 aliphatic heterocycles. The summed E-state index contributed by atoms with van der Waals surface area (Å²) in [7, 11) is 0. The van der Waals surface area contributed by atoms with E-state index in [2.05, 4.69) is 18.8 Å². The van der Waals surface area contributed by atoms with Gasteiger partial charge in [-0.1, -0.05) is 31.3 Å². The van der Waals surface area contributed by atoms with E-state index in [1.54, 1.807) is 0 Å². The first-order chi connectivity index (χ1) is 5.31. The van der Waals surface area contributed by atoms with E-state index in [9.17, 15) is 0 Å². The van der Waals surface area contributed by atoms with Crippen molar-refractivity contribution in [2.45, 2.75) is 33.1 Å². The molecule has 0 spiro atoms. The Morgan fingerprint density at radius 1 is 1.55 bits per heavy atom. The van der Waals surface area contributed by atoms with Gasteiger partial charge < -0.3 is 5.73 Å². The lowest BCUT2D eigenvalue weighted by Gasteiger charge is -1.86. The van der Waals surface area contributed by atoms with Gasteiger partial charge in [0.25, 0.3) is 0 Å². The average Bonchev–Trinajstić information content (AvgIpc) is 1.99. The number of hydrogen-bond donors (Lipinski definition) is 1. The second kappa shape index (κ2) is 7.37. The number of hydrogen-bond acceptors (Lipinski definition) is 1. The van der Waals surface area contributed by atoms with Crippen molar-refractivity contribution in [2.24, 2.45) is 5.73 Å². The highest BCUT2D eigenvalue weighted by Crippen LogP contribution is 1.92. The summed E-state index contributed by atoms with van der Waals surface area (Å²) in [5.74, 6) is 6.15. The number of rotatable bonds is 3. The van der Waals surface area contributed by atoms with Gasteiger partial charge in [-0.2, -0.15) is 0 Å². The second-order valence-corrected chi connectivity index (χ2v) is 2.53. The third-order valence-electron chi connectivity index (χ3n) is 1.36. The molecular formula is C10H17N. The zero-order chi connectivity index (χ0) is 8.53. The van der Waals surface area contributed by atoms with Gasteiger partial charge in [0.1, 0.15) is 0 Å². The minimum Gasteiger partial charge on any atom is -0.327 e. The first-order valence-corrected chi connectivity index (χ1v) is 4.17. The van der Waals surface area contributed by atoms with E-state index in [1.807, 2.05) is 13.0 Å². The molecule has 2 N–H and O–H groups in total. The molecule has 0 atom stereocenters. The summed E-state index contributed by atoms with van der Waals surface area (Å²) >= 11 is 0. The summed E-state index contributed by atoms with van der Waals surface area (Å²) in [6.45, 7) is 4.75. The molecule has 62 valence electrons. The SMILES string of the molecule is CCCCC#C/C(C)=C\CN. The van der Waals surface area contributed by atoms with Gasteiger partial charge >= 0.3 is 0 Å². The maximum Gasteiger partial charge on any atom is 0.0118 e. The van der Waals surface area contributed by atoms with Crippen LogP contribution >= 0.6 is 0 Å². The van der Waals surface area contributed by atoms with Gasteiger partial charge in [-0.3, -0.25) is 0 Å². The molecule has 0 aromatic heterocycles. The maximum atomic E-state index is 5.32. The van der Waals surface area contributed by atoms with Crippen LogP contribution in [0.4, 0.5) is 0 Å². The number of allylic oxidation sites excluding steroid dienone is 1. The summed E-state index contributed by atoms with van der Waals surface area (Å²) in [4.78, 5) is 0. The molecule has 0 radical (unpaired) electrons. The van der Waals surface area contributed by atoms with Crippen LogP contribution in [-0.2, 0) is 0 Å². The minimum absolute atomic E-state index is 0.592. The second-order valence-electron chi connectivity index (χ2n) is 2.53. The Morgan fingerprint density at radius 3 is 2.82 bits per heavy atom. The fourth-order valence-electron chi connectivity index (χ4n) is 0.695. The Bertz CT molecular complexity index is 169. The fourth-order valence-corrected chi connectivity index (χ4v) is 0.695. The lowest BCUT2D eigenvalue weighted by Crippen LogP contribution is -1.93. The Morgan fingerprint density at radius 2 is 2.27 bits per heavy atom. The molecule has 1 heteroatoms. The van der Waals surface area contributed by atoms with E-state index in [4.69, 9.17) is 5.73 Å². The molecule has 11 heavy (non-hydrogen) atoms. The van der Waals surface area contributed by atoms with Crippen LogP contribution in [0.5, 0.6) is 0 Å². The summed E-state index contributed by atoms with van der Waals surface area (Å²) in [5, 5.41) is 0. The highest BCUT2D eigenvalue weighted by molar-refractivity contribution is 5.26. The van der Waals surface area contributed by atoms with Crippen molar-refractivity contribution in [3.8, 4) is 11.8 Å². The number of nitrogens with two attached hydrogens (primary N) is 1. The molecule has 0 saturated carbocycles. The van der Waals surface area contributed by atoms with E-state index in [-0.39, 0.29) is 0 Å². The maximum absolute atomic E-state index is 5.32. The van der Waals surface area contributed by atoms with Crippen molar-refractivity contribution in [3.05, 3.63) is 11.6 Å². The quantitative estimate of drug-likeness (QED) is 0.485. The predicted molar refractivity (Wildman–Crippen MR) is 50.1 cm³/mol. The van der Waals surface area contributed by atoms with Gasteiger partial charge in [0.2, 0.25) is 0 Å². The fraction of sp³-hybridized carbons (Fsp3) is 0.600. The van der Waals surface area contributed by atoms with Crippen molar-refractivity contribution < 1.29 is 0 Å². The van der Waals surface area contributed by atoms with E-state index in [0.717, 1.165) is 12.0 Å². The van der Waals surface area contributed by atoms with Crippen LogP contribution in [0.15, 0.2) is 11.6 Å². The van der Waals surface area contributed by atoms with Gasteiger partial charge in [0.05, 0.1) is 0 Å². The Balaban J connectivity index is 3.59. The molecule has 0 unspecified atom stereocenters. The van der Waals surface area contributed by atoms with Crippen LogP contribution in [-0.4, -0.2) is 6.54 Å². The van der Waals surface area contributed by atoms with Gasteiger partial charge in [-0.15, -0.1) is 0 Å². The molecule has 0 fully saturated rings. The van der Waals surface area contributed by atoms with Gasteiger partial charge in [-0.05, 0) is 18.9 Å². The molecule has 0 aliphatic rings. The van der Waals surface area contributed by atoms with Gasteiger partial charge in [0, 0.05) is 13.0 Å². The first kappa shape index (κ1) is 10.3. The Labute approximate surface area is 69.7 Å². The Hall–Kier alpha value is -0.740. The molecule has 0 aromatic carbocycles. The van der Waals surface area contributed by atoms with E-state index in [0.29, 0.717) is 6.54 Å². The van der Waals surface area contributed by atoms with Crippen LogP contribution < -0.4 is 5.73 Å². The smallest absolute Gasteiger partial charge is 0.0118 e. The molecule has 0 amide bonds. The van der Waals surface area contributed by atoms with E-state index >= 15 is 0 Å². The molecule has 0 rings (SSSR count). The van der Waals surface area contributed by atoms with Crippen molar-refractivity contribution >= 4 is 0 Å². The monoisotopic (exact) mass is 151 g/mol. The van der Waals surface area contributed by atoms with Crippen LogP contribution in [0.25, 0.3) is 0 Å². The van der Waals surface area contributed by atoms with Crippen molar-refractivity contribution in [3.63, 3.8) is 0 Å². The molecule has 0 saturated heterocycles. The minimum atomic E-state index is 0.592. The normalized spacial score (nSPS) is 10.6. The van der Waals surface area contributed by atoms with Crippen molar-refractivity contribution in [1.29, 1.82) is 0 Å². The molecular weight excluding hydrogens is 134 g/mol. The zero-order valence-corrected chi connectivity index (χ0v) is 7.48. The lowest BCUT2D eigenvalue weighted by atomic mass is 10.2. The highest BCUT2D eigenvalue weighted by Gasteiger charge is 1.78. The van der Waals surface area contributed by atoms with Crippen LogP contribution in [0.2, 0.25) is 0 Å². The van der Waals surface area contributed by atoms with Crippen LogP contribution in [0.1, 0.15) is 33.1 Å². The molecule has 0 aromatic rings. The van der Waals surface area contributed by atoms with Gasteiger partial charge in [0.15, 0.2) is 0 Å². The van der Waals surface area contributed by atoms with Crippen LogP contribution in [0.3, 0.4) is 0 Å². The van der Waals surface area contributed by atoms with E-state index < -0.39 is 0 Å². The van der Waals surface area contributed by atoms with Crippen LogP contribution in [0, 0.1) is 11.8 Å². The summed E-state index contributed by atoms with van der Waals surface area (Å²) in [5.41, 5.74) is 6.40. The van der Waals surface area contributed by atoms with Gasteiger partial charge in [-0.25, -0.2) is 0 Å². The zero-order valence-electron chi connectivity index (χ0n) is 7.48. The number of unbranched alkanes of at least 4 members (excludes halogenated alkanes) is 2. The third kappa shape index (κ3) is 7.15. The van der Waals surface area contributed by atoms with Crippen molar-refractivity contribution in [1.82, 2.24) is 0 Å². The average molecular weight is 151 g/mol. The topological polar surface area (TPSA) is 26.0 Å². The molecule has 0 bridgehead atoms. The molecule has 0 heterocycles. The summed E-state index contributed by atoms with van der Waals surface area (Å²) < 4.78 is 0. The van der Waals surface area contributed by atoms with E-state index in [1.165, 1.54) is 12.8 Å². The highest BCUT2D eigenvalue weighted by atomic mass is 14.5. The Kier molecular flexibility index (Phi) is 6.87. The molecule has 1 nitrogen and oxygen atoms in total. The van der Waals surface area contributed by atoms with Crippen molar-refractivity contribution in [2.75, 3.05) is 6.54 Å². The first-order valence-electron chi connectivity index (χ1n) is 4.17. The largest absolute Gasteiger partial charge is 0.327 e. The predicted octanol–water partition coefficient (Wildman–Crippen LogP) is 2.08.